The van der Waals surface area contributed by atoms with Crippen LogP contribution in [0, 0.1) is 6.92 Å². The van der Waals surface area contributed by atoms with E-state index in [1.807, 2.05) is 53.3 Å². The van der Waals surface area contributed by atoms with Gasteiger partial charge in [0.25, 0.3) is 0 Å². The van der Waals surface area contributed by atoms with Crippen molar-refractivity contribution >= 4 is 5.69 Å². The topological polar surface area (TPSA) is 53.1 Å². The van der Waals surface area contributed by atoms with Gasteiger partial charge in [0, 0.05) is 18.3 Å². The molecule has 24 heavy (non-hydrogen) atoms. The molecule has 3 aromatic rings. The van der Waals surface area contributed by atoms with E-state index in [9.17, 15) is 0 Å². The quantitative estimate of drug-likeness (QED) is 0.683. The van der Waals surface area contributed by atoms with Crippen molar-refractivity contribution in [3.8, 4) is 16.9 Å². The van der Waals surface area contributed by atoms with E-state index in [0.29, 0.717) is 18.0 Å². The first-order valence-electron chi connectivity index (χ1n) is 8.27. The monoisotopic (exact) mass is 321 g/mol. The highest BCUT2D eigenvalue weighted by atomic mass is 16.5. The summed E-state index contributed by atoms with van der Waals surface area (Å²) < 4.78 is 7.91. The molecule has 0 atom stereocenters. The van der Waals surface area contributed by atoms with Crippen molar-refractivity contribution in [2.24, 2.45) is 0 Å². The third kappa shape index (κ3) is 3.59. The molecular weight excluding hydrogens is 298 g/mol. The lowest BCUT2D eigenvalue weighted by Crippen LogP contribution is -2.00. The molecule has 0 unspecified atom stereocenters. The number of rotatable bonds is 6. The van der Waals surface area contributed by atoms with Crippen LogP contribution < -0.4 is 10.5 Å². The average Bonchev–Trinajstić information content (AvgIpc) is 3.04. The van der Waals surface area contributed by atoms with Gasteiger partial charge < -0.3 is 10.5 Å². The molecular formula is C20H23N3O. The molecule has 3 rings (SSSR count). The molecule has 1 heterocycles. The minimum atomic E-state index is 0.503. The Bertz CT molecular complexity index is 809. The normalized spacial score (nSPS) is 10.8. The number of nitrogen functional groups attached to an aromatic ring is 1. The highest BCUT2D eigenvalue weighted by Crippen LogP contribution is 2.32. The molecule has 0 spiro atoms. The number of ether oxygens (including phenoxy) is 1. The Balaban J connectivity index is 1.85. The molecule has 0 fully saturated rings. The van der Waals surface area contributed by atoms with Gasteiger partial charge in [-0.05, 0) is 42.2 Å². The summed E-state index contributed by atoms with van der Waals surface area (Å²) in [5, 5.41) is 4.41. The molecule has 0 aliphatic carbocycles. The summed E-state index contributed by atoms with van der Waals surface area (Å²) in [6.45, 7) is 5.63. The smallest absolute Gasteiger partial charge is 0.143 e. The number of benzene rings is 2. The summed E-state index contributed by atoms with van der Waals surface area (Å²) in [5.41, 5.74) is 11.2. The third-order valence-electron chi connectivity index (χ3n) is 3.99. The van der Waals surface area contributed by atoms with Crippen molar-refractivity contribution in [2.75, 3.05) is 5.73 Å². The highest BCUT2D eigenvalue weighted by molar-refractivity contribution is 5.72. The van der Waals surface area contributed by atoms with E-state index in [1.54, 1.807) is 0 Å². The zero-order valence-electron chi connectivity index (χ0n) is 14.2. The van der Waals surface area contributed by atoms with E-state index in [4.69, 9.17) is 10.5 Å². The molecule has 0 radical (unpaired) electrons. The number of aryl methyl sites for hydroxylation is 2. The minimum Gasteiger partial charge on any atom is -0.487 e. The van der Waals surface area contributed by atoms with Crippen LogP contribution in [-0.4, -0.2) is 9.78 Å². The van der Waals surface area contributed by atoms with Gasteiger partial charge in [0.1, 0.15) is 12.4 Å². The summed E-state index contributed by atoms with van der Waals surface area (Å²) >= 11 is 0. The van der Waals surface area contributed by atoms with Crippen LogP contribution in [0.15, 0.2) is 54.9 Å². The Morgan fingerprint density at radius 1 is 1.17 bits per heavy atom. The number of anilines is 1. The maximum Gasteiger partial charge on any atom is 0.143 e. The molecule has 0 saturated heterocycles. The number of hydrogen-bond acceptors (Lipinski definition) is 3. The van der Waals surface area contributed by atoms with Gasteiger partial charge >= 0.3 is 0 Å². The van der Waals surface area contributed by atoms with Crippen LogP contribution in [0.1, 0.15) is 24.5 Å². The lowest BCUT2D eigenvalue weighted by molar-refractivity contribution is 0.308. The average molecular weight is 321 g/mol. The fourth-order valence-electron chi connectivity index (χ4n) is 2.74. The van der Waals surface area contributed by atoms with Crippen LogP contribution in [0.3, 0.4) is 0 Å². The summed E-state index contributed by atoms with van der Waals surface area (Å²) in [4.78, 5) is 0. The van der Waals surface area contributed by atoms with Gasteiger partial charge in [0.05, 0.1) is 11.9 Å². The maximum absolute atomic E-state index is 6.14. The number of nitrogens with zero attached hydrogens (tertiary/aromatic N) is 2. The zero-order chi connectivity index (χ0) is 16.9. The molecule has 2 N–H and O–H groups in total. The molecule has 4 heteroatoms. The standard InChI is InChI=1S/C20H23N3O/c1-3-9-23-13-17(12-22-23)18-11-20(19(21)10-15(18)2)24-14-16-7-5-4-6-8-16/h4-8,10-13H,3,9,14,21H2,1-2H3. The molecule has 1 aromatic heterocycles. The Kier molecular flexibility index (Phi) is 4.85. The molecule has 2 aromatic carbocycles. The van der Waals surface area contributed by atoms with Crippen LogP contribution in [0.5, 0.6) is 5.75 Å². The zero-order valence-corrected chi connectivity index (χ0v) is 14.2. The van der Waals surface area contributed by atoms with E-state index in [0.717, 1.165) is 35.2 Å². The fourth-order valence-corrected chi connectivity index (χ4v) is 2.74. The van der Waals surface area contributed by atoms with Crippen molar-refractivity contribution in [3.05, 3.63) is 66.0 Å². The predicted octanol–water partition coefficient (Wildman–Crippen LogP) is 4.43. The Morgan fingerprint density at radius 3 is 2.71 bits per heavy atom. The van der Waals surface area contributed by atoms with Gasteiger partial charge in [-0.15, -0.1) is 0 Å². The SMILES string of the molecule is CCCn1cc(-c2cc(OCc3ccccc3)c(N)cc2C)cn1. The first-order valence-corrected chi connectivity index (χ1v) is 8.27. The number of hydrogen-bond donors (Lipinski definition) is 1. The third-order valence-corrected chi connectivity index (χ3v) is 3.99. The predicted molar refractivity (Wildman–Crippen MR) is 97.9 cm³/mol. The lowest BCUT2D eigenvalue weighted by Gasteiger charge is -2.13. The fraction of sp³-hybridized carbons (Fsp3) is 0.250. The van der Waals surface area contributed by atoms with Crippen LogP contribution in [0.2, 0.25) is 0 Å². The van der Waals surface area contributed by atoms with E-state index in [1.165, 1.54) is 0 Å². The van der Waals surface area contributed by atoms with Crippen molar-refractivity contribution in [1.29, 1.82) is 0 Å². The van der Waals surface area contributed by atoms with Gasteiger partial charge in [-0.3, -0.25) is 4.68 Å². The summed E-state index contributed by atoms with van der Waals surface area (Å²) in [6, 6.07) is 14.1. The van der Waals surface area contributed by atoms with Gasteiger partial charge in [-0.2, -0.15) is 5.10 Å². The van der Waals surface area contributed by atoms with E-state index >= 15 is 0 Å². The summed E-state index contributed by atoms with van der Waals surface area (Å²) in [5.74, 6) is 0.711. The molecule has 0 aliphatic rings. The second kappa shape index (κ2) is 7.21. The van der Waals surface area contributed by atoms with Gasteiger partial charge in [0.15, 0.2) is 0 Å². The minimum absolute atomic E-state index is 0.503. The van der Waals surface area contributed by atoms with Crippen molar-refractivity contribution in [1.82, 2.24) is 9.78 Å². The Hall–Kier alpha value is -2.75. The molecule has 0 amide bonds. The summed E-state index contributed by atoms with van der Waals surface area (Å²) in [7, 11) is 0. The van der Waals surface area contributed by atoms with Crippen LogP contribution in [-0.2, 0) is 13.2 Å². The molecule has 124 valence electrons. The summed E-state index contributed by atoms with van der Waals surface area (Å²) in [6.07, 6.45) is 5.03. The maximum atomic E-state index is 6.14. The first kappa shape index (κ1) is 16.1. The van der Waals surface area contributed by atoms with Gasteiger partial charge in [-0.1, -0.05) is 37.3 Å². The Labute approximate surface area is 142 Å². The van der Waals surface area contributed by atoms with E-state index in [-0.39, 0.29) is 0 Å². The van der Waals surface area contributed by atoms with Crippen molar-refractivity contribution < 1.29 is 4.74 Å². The number of aromatic nitrogens is 2. The van der Waals surface area contributed by atoms with Crippen LogP contribution in [0.25, 0.3) is 11.1 Å². The van der Waals surface area contributed by atoms with Crippen LogP contribution >= 0.6 is 0 Å². The molecule has 4 nitrogen and oxygen atoms in total. The second-order valence-corrected chi connectivity index (χ2v) is 5.97. The second-order valence-electron chi connectivity index (χ2n) is 5.97. The Morgan fingerprint density at radius 2 is 1.96 bits per heavy atom. The number of nitrogens with two attached hydrogens (primary N) is 1. The lowest BCUT2D eigenvalue weighted by atomic mass is 10.0. The molecule has 0 aliphatic heterocycles. The van der Waals surface area contributed by atoms with Crippen molar-refractivity contribution in [3.63, 3.8) is 0 Å². The van der Waals surface area contributed by atoms with E-state index < -0.39 is 0 Å². The van der Waals surface area contributed by atoms with E-state index in [2.05, 4.69) is 25.1 Å². The van der Waals surface area contributed by atoms with Gasteiger partial charge in [0.2, 0.25) is 0 Å². The van der Waals surface area contributed by atoms with Gasteiger partial charge in [-0.25, -0.2) is 0 Å². The molecule has 0 saturated carbocycles. The first-order chi connectivity index (χ1) is 11.7. The largest absolute Gasteiger partial charge is 0.487 e. The van der Waals surface area contributed by atoms with Crippen molar-refractivity contribution in [2.45, 2.75) is 33.4 Å². The molecule has 0 bridgehead atoms. The van der Waals surface area contributed by atoms with Crippen LogP contribution in [0.4, 0.5) is 5.69 Å². The highest BCUT2D eigenvalue weighted by Gasteiger charge is 2.10.